The molecule has 1 amide bonds. The van der Waals surface area contributed by atoms with Crippen molar-refractivity contribution in [2.45, 2.75) is 64.4 Å². The van der Waals surface area contributed by atoms with E-state index in [1.165, 1.54) is 10.4 Å². The Labute approximate surface area is 157 Å². The third kappa shape index (κ3) is 4.98. The Hall–Kier alpha value is -1.60. The van der Waals surface area contributed by atoms with Crippen molar-refractivity contribution in [2.75, 3.05) is 18.4 Å². The number of hydrogen-bond donors (Lipinski definition) is 1. The van der Waals surface area contributed by atoms with Crippen LogP contribution in [0.5, 0.6) is 5.75 Å². The SMILES string of the molecule is CC[C@@H](C)C(=O)Nc1cc(S(=O)(=O)N2CCCCC2)ccc1OC(C)C. The van der Waals surface area contributed by atoms with Crippen LogP contribution in [0.4, 0.5) is 5.69 Å². The summed E-state index contributed by atoms with van der Waals surface area (Å²) in [7, 11) is -3.56. The van der Waals surface area contributed by atoms with Gasteiger partial charge in [-0.25, -0.2) is 8.42 Å². The van der Waals surface area contributed by atoms with E-state index in [4.69, 9.17) is 4.74 Å². The summed E-state index contributed by atoms with van der Waals surface area (Å²) in [5, 5.41) is 2.84. The number of benzene rings is 1. The Balaban J connectivity index is 2.36. The Bertz CT molecular complexity index is 725. The first-order valence-corrected chi connectivity index (χ1v) is 10.8. The number of piperidine rings is 1. The number of rotatable bonds is 7. The molecule has 0 aromatic heterocycles. The Morgan fingerprint density at radius 3 is 2.42 bits per heavy atom. The number of sulfonamides is 1. The second-order valence-corrected chi connectivity index (χ2v) is 9.03. The molecule has 1 aliphatic rings. The summed E-state index contributed by atoms with van der Waals surface area (Å²) >= 11 is 0. The standard InChI is InChI=1S/C19H30N2O4S/c1-5-15(4)19(22)20-17-13-16(9-10-18(17)25-14(2)3)26(23,24)21-11-7-6-8-12-21/h9-10,13-15H,5-8,11-12H2,1-4H3,(H,20,22)/t15-/m1/s1. The number of carbonyl (C=O) groups excluding carboxylic acids is 1. The van der Waals surface area contributed by atoms with E-state index in [2.05, 4.69) is 5.32 Å². The smallest absolute Gasteiger partial charge is 0.243 e. The lowest BCUT2D eigenvalue weighted by atomic mass is 10.1. The summed E-state index contributed by atoms with van der Waals surface area (Å²) in [5.74, 6) is 0.173. The summed E-state index contributed by atoms with van der Waals surface area (Å²) < 4.78 is 33.1. The van der Waals surface area contributed by atoms with Crippen LogP contribution in [-0.2, 0) is 14.8 Å². The van der Waals surface area contributed by atoms with Crippen LogP contribution in [0, 0.1) is 5.92 Å². The van der Waals surface area contributed by atoms with Crippen molar-refractivity contribution in [1.29, 1.82) is 0 Å². The maximum Gasteiger partial charge on any atom is 0.243 e. The van der Waals surface area contributed by atoms with E-state index < -0.39 is 10.0 Å². The molecule has 0 radical (unpaired) electrons. The van der Waals surface area contributed by atoms with Gasteiger partial charge < -0.3 is 10.1 Å². The maximum absolute atomic E-state index is 12.9. The second-order valence-electron chi connectivity index (χ2n) is 7.09. The summed E-state index contributed by atoms with van der Waals surface area (Å²) in [6, 6.07) is 4.70. The highest BCUT2D eigenvalue weighted by Crippen LogP contribution is 2.31. The minimum absolute atomic E-state index is 0.0844. The largest absolute Gasteiger partial charge is 0.489 e. The number of anilines is 1. The van der Waals surface area contributed by atoms with Crippen molar-refractivity contribution in [3.05, 3.63) is 18.2 Å². The molecule has 1 atom stereocenters. The van der Waals surface area contributed by atoms with E-state index in [0.717, 1.165) is 19.3 Å². The zero-order valence-electron chi connectivity index (χ0n) is 16.1. The van der Waals surface area contributed by atoms with Crippen molar-refractivity contribution >= 4 is 21.6 Å². The van der Waals surface area contributed by atoms with Gasteiger partial charge in [-0.05, 0) is 51.3 Å². The molecule has 1 N–H and O–H groups in total. The summed E-state index contributed by atoms with van der Waals surface area (Å²) in [6.07, 6.45) is 3.44. The molecular formula is C19H30N2O4S. The zero-order valence-corrected chi connectivity index (χ0v) is 16.9. The fraction of sp³-hybridized carbons (Fsp3) is 0.632. The Morgan fingerprint density at radius 1 is 1.19 bits per heavy atom. The number of nitrogens with zero attached hydrogens (tertiary/aromatic N) is 1. The van der Waals surface area contributed by atoms with Gasteiger partial charge in [-0.15, -0.1) is 0 Å². The predicted octanol–water partition coefficient (Wildman–Crippen LogP) is 3.63. The highest BCUT2D eigenvalue weighted by Gasteiger charge is 2.27. The van der Waals surface area contributed by atoms with Crippen molar-refractivity contribution in [3.8, 4) is 5.75 Å². The molecule has 26 heavy (non-hydrogen) atoms. The maximum atomic E-state index is 12.9. The van der Waals surface area contributed by atoms with E-state index in [9.17, 15) is 13.2 Å². The van der Waals surface area contributed by atoms with Gasteiger partial charge in [-0.1, -0.05) is 20.3 Å². The van der Waals surface area contributed by atoms with Gasteiger partial charge in [-0.2, -0.15) is 4.31 Å². The van der Waals surface area contributed by atoms with Gasteiger partial charge in [0.25, 0.3) is 0 Å². The minimum atomic E-state index is -3.56. The molecule has 146 valence electrons. The summed E-state index contributed by atoms with van der Waals surface area (Å²) in [5.41, 5.74) is 0.405. The van der Waals surface area contributed by atoms with Gasteiger partial charge in [0.2, 0.25) is 15.9 Å². The van der Waals surface area contributed by atoms with Gasteiger partial charge in [0.05, 0.1) is 16.7 Å². The van der Waals surface area contributed by atoms with Crippen LogP contribution in [0.3, 0.4) is 0 Å². The number of ether oxygens (including phenoxy) is 1. The van der Waals surface area contributed by atoms with Crippen molar-refractivity contribution in [2.24, 2.45) is 5.92 Å². The highest BCUT2D eigenvalue weighted by atomic mass is 32.2. The van der Waals surface area contributed by atoms with Gasteiger partial charge in [0.1, 0.15) is 5.75 Å². The first-order valence-electron chi connectivity index (χ1n) is 9.37. The number of carbonyl (C=O) groups is 1. The summed E-state index contributed by atoms with van der Waals surface area (Å²) in [6.45, 7) is 8.64. The van der Waals surface area contributed by atoms with E-state index in [0.29, 0.717) is 30.9 Å². The molecule has 0 aliphatic carbocycles. The fourth-order valence-corrected chi connectivity index (χ4v) is 4.36. The number of nitrogens with one attached hydrogen (secondary N) is 1. The van der Waals surface area contributed by atoms with Gasteiger partial charge in [0, 0.05) is 19.0 Å². The van der Waals surface area contributed by atoms with Crippen LogP contribution in [0.25, 0.3) is 0 Å². The third-order valence-electron chi connectivity index (χ3n) is 4.58. The molecule has 1 saturated heterocycles. The number of hydrogen-bond acceptors (Lipinski definition) is 4. The van der Waals surface area contributed by atoms with E-state index in [-0.39, 0.29) is 22.8 Å². The van der Waals surface area contributed by atoms with Gasteiger partial charge in [-0.3, -0.25) is 4.79 Å². The normalized spacial score (nSPS) is 17.1. The minimum Gasteiger partial charge on any atom is -0.489 e. The Kier molecular flexibility index (Phi) is 7.06. The van der Waals surface area contributed by atoms with Crippen LogP contribution in [0.2, 0.25) is 0 Å². The molecule has 1 aromatic carbocycles. The quantitative estimate of drug-likeness (QED) is 0.781. The molecule has 2 rings (SSSR count). The lowest BCUT2D eigenvalue weighted by Gasteiger charge is -2.26. The zero-order chi connectivity index (χ0) is 19.3. The molecule has 0 unspecified atom stereocenters. The molecule has 1 aromatic rings. The van der Waals surface area contributed by atoms with Crippen molar-refractivity contribution in [1.82, 2.24) is 4.31 Å². The molecular weight excluding hydrogens is 352 g/mol. The van der Waals surface area contributed by atoms with Gasteiger partial charge in [0.15, 0.2) is 0 Å². The molecule has 6 nitrogen and oxygen atoms in total. The predicted molar refractivity (Wildman–Crippen MR) is 103 cm³/mol. The average molecular weight is 383 g/mol. The molecule has 1 heterocycles. The van der Waals surface area contributed by atoms with Crippen LogP contribution in [-0.4, -0.2) is 37.8 Å². The first kappa shape index (κ1) is 20.7. The number of amides is 1. The van der Waals surface area contributed by atoms with Crippen molar-refractivity contribution < 1.29 is 17.9 Å². The highest BCUT2D eigenvalue weighted by molar-refractivity contribution is 7.89. The second kappa shape index (κ2) is 8.86. The molecule has 7 heteroatoms. The monoisotopic (exact) mass is 382 g/mol. The average Bonchev–Trinajstić information content (AvgIpc) is 2.62. The van der Waals surface area contributed by atoms with Crippen molar-refractivity contribution in [3.63, 3.8) is 0 Å². The van der Waals surface area contributed by atoms with Gasteiger partial charge >= 0.3 is 0 Å². The first-order chi connectivity index (χ1) is 12.3. The van der Waals surface area contributed by atoms with Crippen LogP contribution in [0.15, 0.2) is 23.1 Å². The van der Waals surface area contributed by atoms with Crippen LogP contribution in [0.1, 0.15) is 53.4 Å². The van der Waals surface area contributed by atoms with Crippen LogP contribution >= 0.6 is 0 Å². The molecule has 0 spiro atoms. The third-order valence-corrected chi connectivity index (χ3v) is 6.48. The summed E-state index contributed by atoms with van der Waals surface area (Å²) in [4.78, 5) is 12.5. The molecule has 1 aliphatic heterocycles. The van der Waals surface area contributed by atoms with Crippen LogP contribution < -0.4 is 10.1 Å². The van der Waals surface area contributed by atoms with E-state index in [1.54, 1.807) is 12.1 Å². The molecule has 0 bridgehead atoms. The molecule has 0 saturated carbocycles. The molecule has 1 fully saturated rings. The lowest BCUT2D eigenvalue weighted by Crippen LogP contribution is -2.35. The fourth-order valence-electron chi connectivity index (χ4n) is 2.82. The lowest BCUT2D eigenvalue weighted by molar-refractivity contribution is -0.119. The van der Waals surface area contributed by atoms with E-state index >= 15 is 0 Å². The Morgan fingerprint density at radius 2 is 1.85 bits per heavy atom. The topological polar surface area (TPSA) is 75.7 Å². The van der Waals surface area contributed by atoms with E-state index in [1.807, 2.05) is 27.7 Å².